The summed E-state index contributed by atoms with van der Waals surface area (Å²) < 4.78 is 28.9. The summed E-state index contributed by atoms with van der Waals surface area (Å²) in [5.74, 6) is -2.19. The highest BCUT2D eigenvalue weighted by Crippen LogP contribution is 2.36. The Morgan fingerprint density at radius 2 is 1.88 bits per heavy atom. The fourth-order valence-electron chi connectivity index (χ4n) is 2.16. The third-order valence-corrected chi connectivity index (χ3v) is 3.66. The van der Waals surface area contributed by atoms with Crippen LogP contribution in [0.4, 0.5) is 9.18 Å². The predicted molar refractivity (Wildman–Crippen MR) is 91.6 cm³/mol. The number of nitrogens with zero attached hydrogens (tertiary/aromatic N) is 1. The number of hydrogen-bond donors (Lipinski definition) is 0. The largest absolute Gasteiger partial charge is 0.495 e. The minimum atomic E-state index is -0.921. The van der Waals surface area contributed by atoms with E-state index in [1.807, 2.05) is 0 Å². The Bertz CT molecular complexity index is 645. The summed E-state index contributed by atoms with van der Waals surface area (Å²) in [4.78, 5) is 25.6. The van der Waals surface area contributed by atoms with E-state index in [9.17, 15) is 14.0 Å². The number of carbonyl (C=O) groups is 2. The molecule has 1 aromatic carbocycles. The number of esters is 1. The SMILES string of the molecule is COC(=O)C(CN(C)C(=O)OC(C)(C)C)c1ccc(F)c(Cl)c1OC. The van der Waals surface area contributed by atoms with Gasteiger partial charge in [-0.3, -0.25) is 4.79 Å². The summed E-state index contributed by atoms with van der Waals surface area (Å²) in [6.07, 6.45) is -0.603. The maximum Gasteiger partial charge on any atom is 0.410 e. The van der Waals surface area contributed by atoms with E-state index in [1.165, 1.54) is 32.2 Å². The second-order valence-corrected chi connectivity index (χ2v) is 6.80. The number of carbonyl (C=O) groups excluding carboxylic acids is 2. The van der Waals surface area contributed by atoms with E-state index >= 15 is 0 Å². The number of methoxy groups -OCH3 is 2. The highest BCUT2D eigenvalue weighted by atomic mass is 35.5. The van der Waals surface area contributed by atoms with Gasteiger partial charge in [0.25, 0.3) is 0 Å². The third kappa shape index (κ3) is 5.49. The number of ether oxygens (including phenoxy) is 3. The molecular formula is C17H23ClFNO5. The monoisotopic (exact) mass is 375 g/mol. The molecule has 8 heteroatoms. The molecule has 0 fully saturated rings. The average molecular weight is 376 g/mol. The minimum Gasteiger partial charge on any atom is -0.495 e. The van der Waals surface area contributed by atoms with Crippen molar-refractivity contribution in [2.45, 2.75) is 32.3 Å². The Morgan fingerprint density at radius 3 is 2.36 bits per heavy atom. The summed E-state index contributed by atoms with van der Waals surface area (Å²) in [6.45, 7) is 5.15. The van der Waals surface area contributed by atoms with Crippen molar-refractivity contribution in [1.82, 2.24) is 4.90 Å². The van der Waals surface area contributed by atoms with Gasteiger partial charge in [-0.05, 0) is 26.8 Å². The zero-order chi connectivity index (χ0) is 19.4. The van der Waals surface area contributed by atoms with Crippen LogP contribution in [0, 0.1) is 5.82 Å². The van der Waals surface area contributed by atoms with Crippen molar-refractivity contribution < 1.29 is 28.2 Å². The molecule has 1 unspecified atom stereocenters. The Hall–Kier alpha value is -2.02. The first-order chi connectivity index (χ1) is 11.5. The van der Waals surface area contributed by atoms with Crippen LogP contribution >= 0.6 is 11.6 Å². The van der Waals surface area contributed by atoms with Crippen molar-refractivity contribution in [1.29, 1.82) is 0 Å². The molecule has 140 valence electrons. The van der Waals surface area contributed by atoms with Crippen molar-refractivity contribution in [3.8, 4) is 5.75 Å². The number of halogens is 2. The van der Waals surface area contributed by atoms with Crippen molar-refractivity contribution >= 4 is 23.7 Å². The molecule has 0 saturated carbocycles. The lowest BCUT2D eigenvalue weighted by Gasteiger charge is -2.27. The summed E-state index contributed by atoms with van der Waals surface area (Å²) >= 11 is 5.92. The van der Waals surface area contributed by atoms with Crippen LogP contribution in [0.3, 0.4) is 0 Å². The Balaban J connectivity index is 3.18. The number of rotatable bonds is 5. The topological polar surface area (TPSA) is 65.1 Å². The molecule has 0 aromatic heterocycles. The third-order valence-electron chi connectivity index (χ3n) is 3.31. The van der Waals surface area contributed by atoms with Gasteiger partial charge in [0, 0.05) is 19.2 Å². The second kappa shape index (κ2) is 8.38. The molecule has 1 rings (SSSR count). The molecule has 0 aliphatic carbocycles. The van der Waals surface area contributed by atoms with E-state index in [0.717, 1.165) is 6.07 Å². The molecule has 1 atom stereocenters. The van der Waals surface area contributed by atoms with Gasteiger partial charge in [0.15, 0.2) is 0 Å². The highest BCUT2D eigenvalue weighted by Gasteiger charge is 2.31. The van der Waals surface area contributed by atoms with E-state index in [0.29, 0.717) is 5.56 Å². The molecule has 1 aromatic rings. The van der Waals surface area contributed by atoms with Crippen LogP contribution in [-0.2, 0) is 14.3 Å². The smallest absolute Gasteiger partial charge is 0.410 e. The summed E-state index contributed by atoms with van der Waals surface area (Å²) in [5, 5.41) is -0.242. The molecule has 25 heavy (non-hydrogen) atoms. The van der Waals surface area contributed by atoms with E-state index in [4.69, 9.17) is 25.8 Å². The first-order valence-electron chi connectivity index (χ1n) is 7.55. The van der Waals surface area contributed by atoms with Gasteiger partial charge in [-0.1, -0.05) is 17.7 Å². The lowest BCUT2D eigenvalue weighted by atomic mass is 9.97. The Morgan fingerprint density at radius 1 is 1.28 bits per heavy atom. The molecule has 0 spiro atoms. The van der Waals surface area contributed by atoms with Crippen LogP contribution in [0.25, 0.3) is 0 Å². The van der Waals surface area contributed by atoms with Crippen molar-refractivity contribution in [2.75, 3.05) is 27.8 Å². The van der Waals surface area contributed by atoms with Crippen molar-refractivity contribution in [3.63, 3.8) is 0 Å². The predicted octanol–water partition coefficient (Wildman–Crippen LogP) is 3.61. The standard InChI is InChI=1S/C17H23ClFNO5/c1-17(2,3)25-16(22)20(4)9-11(15(21)24-6)10-7-8-12(19)13(18)14(10)23-5/h7-8,11H,9H2,1-6H3. The number of likely N-dealkylation sites (N-methyl/N-ethyl adjacent to an activating group) is 1. The summed E-state index contributed by atoms with van der Waals surface area (Å²) in [7, 11) is 4.03. The van der Waals surface area contributed by atoms with Gasteiger partial charge in [0.1, 0.15) is 28.1 Å². The van der Waals surface area contributed by atoms with Gasteiger partial charge in [-0.2, -0.15) is 0 Å². The van der Waals surface area contributed by atoms with E-state index in [1.54, 1.807) is 20.8 Å². The highest BCUT2D eigenvalue weighted by molar-refractivity contribution is 6.32. The minimum absolute atomic E-state index is 0.0228. The fourth-order valence-corrected chi connectivity index (χ4v) is 2.41. The van der Waals surface area contributed by atoms with Gasteiger partial charge < -0.3 is 19.1 Å². The van der Waals surface area contributed by atoms with Gasteiger partial charge in [-0.15, -0.1) is 0 Å². The molecule has 0 bridgehead atoms. The molecule has 0 saturated heterocycles. The van der Waals surface area contributed by atoms with Gasteiger partial charge >= 0.3 is 12.1 Å². The molecular weight excluding hydrogens is 353 g/mol. The second-order valence-electron chi connectivity index (χ2n) is 6.42. The number of benzene rings is 1. The van der Waals surface area contributed by atoms with Crippen LogP contribution < -0.4 is 4.74 Å². The first kappa shape index (κ1) is 21.0. The van der Waals surface area contributed by atoms with Crippen LogP contribution in [-0.4, -0.2) is 50.4 Å². The maximum absolute atomic E-state index is 13.7. The fraction of sp³-hybridized carbons (Fsp3) is 0.529. The van der Waals surface area contributed by atoms with Crippen molar-refractivity contribution in [3.05, 3.63) is 28.5 Å². The Kier molecular flexibility index (Phi) is 7.05. The lowest BCUT2D eigenvalue weighted by molar-refractivity contribution is -0.142. The van der Waals surface area contributed by atoms with Crippen LogP contribution in [0.1, 0.15) is 32.3 Å². The zero-order valence-electron chi connectivity index (χ0n) is 15.2. The van der Waals surface area contributed by atoms with Crippen molar-refractivity contribution in [2.24, 2.45) is 0 Å². The lowest BCUT2D eigenvalue weighted by Crippen LogP contribution is -2.38. The van der Waals surface area contributed by atoms with Crippen LogP contribution in [0.5, 0.6) is 5.75 Å². The average Bonchev–Trinajstić information content (AvgIpc) is 2.52. The normalized spacial score (nSPS) is 12.3. The number of amides is 1. The quantitative estimate of drug-likeness (QED) is 0.735. The Labute approximate surface area is 151 Å². The van der Waals surface area contributed by atoms with E-state index < -0.39 is 29.4 Å². The molecule has 6 nitrogen and oxygen atoms in total. The van der Waals surface area contributed by atoms with E-state index in [2.05, 4.69) is 0 Å². The summed E-state index contributed by atoms with van der Waals surface area (Å²) in [6, 6.07) is 2.51. The molecule has 0 N–H and O–H groups in total. The summed E-state index contributed by atoms with van der Waals surface area (Å²) in [5.41, 5.74) is -0.362. The van der Waals surface area contributed by atoms with Crippen LogP contribution in [0.15, 0.2) is 12.1 Å². The molecule has 1 amide bonds. The molecule has 0 aliphatic heterocycles. The molecule has 0 radical (unpaired) electrons. The van der Waals surface area contributed by atoms with E-state index in [-0.39, 0.29) is 17.3 Å². The molecule has 0 aliphatic rings. The molecule has 0 heterocycles. The maximum atomic E-state index is 13.7. The van der Waals surface area contributed by atoms with Crippen LogP contribution in [0.2, 0.25) is 5.02 Å². The van der Waals surface area contributed by atoms with Gasteiger partial charge in [0.2, 0.25) is 0 Å². The number of hydrogen-bond acceptors (Lipinski definition) is 5. The van der Waals surface area contributed by atoms with Gasteiger partial charge in [0.05, 0.1) is 14.2 Å². The van der Waals surface area contributed by atoms with Gasteiger partial charge in [-0.25, -0.2) is 9.18 Å². The first-order valence-corrected chi connectivity index (χ1v) is 7.93. The zero-order valence-corrected chi connectivity index (χ0v) is 15.9.